The van der Waals surface area contributed by atoms with Gasteiger partial charge >= 0.3 is 11.9 Å². The van der Waals surface area contributed by atoms with Crippen molar-refractivity contribution in [1.29, 1.82) is 0 Å². The molecular weight excluding hydrogens is 464 g/mol. The molecule has 37 heavy (non-hydrogen) atoms. The van der Waals surface area contributed by atoms with Crippen LogP contribution in [0.4, 0.5) is 0 Å². The minimum absolute atomic E-state index is 0.0395. The lowest BCUT2D eigenvalue weighted by Gasteiger charge is -2.75. The monoisotopic (exact) mass is 514 g/mol. The highest BCUT2D eigenvalue weighted by molar-refractivity contribution is 5.80. The first-order valence-electron chi connectivity index (χ1n) is 15.2. The fourth-order valence-corrected chi connectivity index (χ4v) is 12.4. The molecule has 2 bridgehead atoms. The van der Waals surface area contributed by atoms with E-state index in [1.165, 1.54) is 6.42 Å². The summed E-state index contributed by atoms with van der Waals surface area (Å²) in [6.45, 7) is 16.2. The number of esters is 2. The van der Waals surface area contributed by atoms with Crippen LogP contribution in [0.15, 0.2) is 0 Å². The third kappa shape index (κ3) is 3.02. The molecule has 0 unspecified atom stereocenters. The number of carbonyl (C=O) groups excluding carboxylic acids is 2. The van der Waals surface area contributed by atoms with Crippen molar-refractivity contribution in [2.24, 2.45) is 56.7 Å². The molecule has 5 nitrogen and oxygen atoms in total. The van der Waals surface area contributed by atoms with E-state index in [-0.39, 0.29) is 50.7 Å². The molecule has 0 amide bonds. The Labute approximate surface area is 223 Å². The molecule has 1 N–H and O–H groups in total. The van der Waals surface area contributed by atoms with Crippen molar-refractivity contribution in [2.45, 2.75) is 124 Å². The number of aliphatic hydroxyl groups excluding tert-OH is 1. The van der Waals surface area contributed by atoms with Crippen LogP contribution in [0.2, 0.25) is 0 Å². The van der Waals surface area contributed by atoms with Gasteiger partial charge in [-0.25, -0.2) is 0 Å². The summed E-state index contributed by atoms with van der Waals surface area (Å²) >= 11 is 0. The Balaban J connectivity index is 1.46. The Hall–Kier alpha value is -1.10. The highest BCUT2D eigenvalue weighted by Gasteiger charge is 2.75. The van der Waals surface area contributed by atoms with Crippen molar-refractivity contribution < 1.29 is 24.2 Å². The van der Waals surface area contributed by atoms with Crippen LogP contribution in [0, 0.1) is 56.7 Å². The van der Waals surface area contributed by atoms with E-state index in [0.717, 1.165) is 57.8 Å². The number of carbonyl (C=O) groups is 2. The third-order valence-electron chi connectivity index (χ3n) is 14.6. The lowest BCUT2D eigenvalue weighted by atomic mass is 9.30. The first kappa shape index (κ1) is 26.1. The Morgan fingerprint density at radius 3 is 2.32 bits per heavy atom. The van der Waals surface area contributed by atoms with Gasteiger partial charge in [0.1, 0.15) is 5.60 Å². The van der Waals surface area contributed by atoms with Crippen molar-refractivity contribution in [3.8, 4) is 0 Å². The second-order valence-corrected chi connectivity index (χ2v) is 15.7. The van der Waals surface area contributed by atoms with Gasteiger partial charge < -0.3 is 14.6 Å². The fourth-order valence-electron chi connectivity index (χ4n) is 12.4. The molecule has 2 heterocycles. The van der Waals surface area contributed by atoms with Crippen LogP contribution < -0.4 is 0 Å². The molecule has 2 aliphatic heterocycles. The summed E-state index contributed by atoms with van der Waals surface area (Å²) in [5, 5.41) is 11.0. The summed E-state index contributed by atoms with van der Waals surface area (Å²) in [6.07, 6.45) is 9.95. The summed E-state index contributed by atoms with van der Waals surface area (Å²) < 4.78 is 12.2. The lowest BCUT2D eigenvalue weighted by Crippen LogP contribution is -2.73. The molecule has 11 atom stereocenters. The van der Waals surface area contributed by atoms with E-state index in [0.29, 0.717) is 36.2 Å². The van der Waals surface area contributed by atoms with Gasteiger partial charge in [0.25, 0.3) is 0 Å². The van der Waals surface area contributed by atoms with Gasteiger partial charge in [-0.2, -0.15) is 0 Å². The Morgan fingerprint density at radius 2 is 1.65 bits per heavy atom. The van der Waals surface area contributed by atoms with Crippen molar-refractivity contribution in [1.82, 2.24) is 0 Å². The number of hydrogen-bond acceptors (Lipinski definition) is 5. The molecule has 7 rings (SSSR count). The van der Waals surface area contributed by atoms with Crippen LogP contribution in [-0.4, -0.2) is 35.4 Å². The van der Waals surface area contributed by atoms with Crippen LogP contribution in [0.5, 0.6) is 0 Å². The Morgan fingerprint density at radius 1 is 0.946 bits per heavy atom. The zero-order valence-electron chi connectivity index (χ0n) is 24.3. The smallest absolute Gasteiger partial charge is 0.312 e. The van der Waals surface area contributed by atoms with E-state index in [4.69, 9.17) is 9.47 Å². The van der Waals surface area contributed by atoms with E-state index < -0.39 is 0 Å². The normalized spacial score (nSPS) is 55.7. The van der Waals surface area contributed by atoms with E-state index in [9.17, 15) is 14.7 Å². The van der Waals surface area contributed by atoms with E-state index >= 15 is 0 Å². The van der Waals surface area contributed by atoms with Gasteiger partial charge in [0.15, 0.2) is 0 Å². The van der Waals surface area contributed by atoms with Crippen molar-refractivity contribution in [3.63, 3.8) is 0 Å². The largest absolute Gasteiger partial charge is 0.465 e. The number of hydrogen-bond donors (Lipinski definition) is 1. The zero-order valence-corrected chi connectivity index (χ0v) is 24.3. The number of aliphatic hydroxyl groups is 1. The number of ether oxygens (including phenoxy) is 2. The van der Waals surface area contributed by atoms with Crippen LogP contribution in [0.3, 0.4) is 0 Å². The van der Waals surface area contributed by atoms with Crippen molar-refractivity contribution in [2.75, 3.05) is 6.61 Å². The maximum absolute atomic E-state index is 13.6. The van der Waals surface area contributed by atoms with Gasteiger partial charge in [-0.1, -0.05) is 34.6 Å². The molecule has 1 spiro atoms. The minimum Gasteiger partial charge on any atom is -0.465 e. The van der Waals surface area contributed by atoms with E-state index in [1.54, 1.807) is 6.92 Å². The summed E-state index contributed by atoms with van der Waals surface area (Å²) in [4.78, 5) is 25.9. The Bertz CT molecular complexity index is 1010. The summed E-state index contributed by atoms with van der Waals surface area (Å²) in [6, 6.07) is 0. The predicted molar refractivity (Wildman–Crippen MR) is 141 cm³/mol. The van der Waals surface area contributed by atoms with Crippen LogP contribution in [0.1, 0.15) is 113 Å². The van der Waals surface area contributed by atoms with Gasteiger partial charge in [-0.15, -0.1) is 0 Å². The molecule has 5 aliphatic carbocycles. The first-order chi connectivity index (χ1) is 17.2. The topological polar surface area (TPSA) is 72.8 Å². The van der Waals surface area contributed by atoms with Gasteiger partial charge in [0.2, 0.25) is 0 Å². The van der Waals surface area contributed by atoms with Gasteiger partial charge in [0, 0.05) is 12.3 Å². The quantitative estimate of drug-likeness (QED) is 0.437. The van der Waals surface area contributed by atoms with E-state index in [2.05, 4.69) is 41.5 Å². The lowest BCUT2D eigenvalue weighted by molar-refractivity contribution is -0.299. The third-order valence-corrected chi connectivity index (χ3v) is 14.6. The zero-order chi connectivity index (χ0) is 26.8. The second kappa shape index (κ2) is 7.76. The summed E-state index contributed by atoms with van der Waals surface area (Å²) in [5.74, 6) is 1.87. The minimum atomic E-state index is -0.376. The molecule has 208 valence electrons. The van der Waals surface area contributed by atoms with Crippen LogP contribution in [0.25, 0.3) is 0 Å². The summed E-state index contributed by atoms with van der Waals surface area (Å²) in [5.41, 5.74) is -0.727. The molecule has 0 aromatic rings. The van der Waals surface area contributed by atoms with E-state index in [1.807, 2.05) is 0 Å². The van der Waals surface area contributed by atoms with Crippen molar-refractivity contribution >= 4 is 11.9 Å². The van der Waals surface area contributed by atoms with Crippen LogP contribution in [-0.2, 0) is 19.1 Å². The maximum atomic E-state index is 13.6. The molecule has 5 saturated carbocycles. The first-order valence-corrected chi connectivity index (χ1v) is 15.2. The average molecular weight is 515 g/mol. The number of rotatable bonds is 2. The highest BCUT2D eigenvalue weighted by atomic mass is 16.6. The molecule has 0 aromatic carbocycles. The predicted octanol–water partition coefficient (Wildman–Crippen LogP) is 6.31. The maximum Gasteiger partial charge on any atom is 0.312 e. The Kier molecular flexibility index (Phi) is 5.48. The molecule has 2 saturated heterocycles. The molecule has 0 aromatic heterocycles. The molecule has 0 radical (unpaired) electrons. The molecule has 7 aliphatic rings. The molecular formula is C32H50O5. The fraction of sp³-hybridized carbons (Fsp3) is 0.938. The second-order valence-electron chi connectivity index (χ2n) is 15.7. The summed E-state index contributed by atoms with van der Waals surface area (Å²) in [7, 11) is 0. The standard InChI is InChI=1S/C32H50O5/c1-19-25-21-8-9-23-28(5)12-11-24(34)27(3,4)22(28)10-13-29(23,6)32(21,18-36-20(2)33)17-16-31(25)15-14-30(19,7)37-26(31)35/h19,21-25,34H,8-18H2,1-7H3/t19-,21+,22-,23+,24+,25+,28-,29+,30+,31-,32-/m0/s1. The highest BCUT2D eigenvalue weighted by Crippen LogP contribution is 2.78. The molecule has 7 fully saturated rings. The van der Waals surface area contributed by atoms with Crippen molar-refractivity contribution in [3.05, 3.63) is 0 Å². The average Bonchev–Trinajstić information content (AvgIpc) is 2.82. The SMILES string of the molecule is CC(=O)OC[C@@]12CC[C@]34CC[C@@](C)(OC3=O)[C@@H](C)[C@@H]4[C@H]1CC[C@@H]1[C@@]3(C)CC[C@@H](O)C(C)(C)[C@@H]3CC[C@]12C. The molecule has 5 heteroatoms. The van der Waals surface area contributed by atoms with Gasteiger partial charge in [-0.3, -0.25) is 9.59 Å². The number of fused-ring (bicyclic) bond motifs is 7. The van der Waals surface area contributed by atoms with Gasteiger partial charge in [-0.05, 0) is 117 Å². The van der Waals surface area contributed by atoms with Crippen LogP contribution >= 0.6 is 0 Å². The van der Waals surface area contributed by atoms with Gasteiger partial charge in [0.05, 0.1) is 18.1 Å².